The van der Waals surface area contributed by atoms with Crippen molar-refractivity contribution in [2.45, 2.75) is 19.8 Å². The molecule has 5 nitrogen and oxygen atoms in total. The van der Waals surface area contributed by atoms with E-state index in [1.165, 1.54) is 12.7 Å². The Labute approximate surface area is 105 Å². The lowest BCUT2D eigenvalue weighted by Gasteiger charge is -1.97. The lowest BCUT2D eigenvalue weighted by Crippen LogP contribution is -2.04. The van der Waals surface area contributed by atoms with Crippen molar-refractivity contribution < 1.29 is 14.1 Å². The van der Waals surface area contributed by atoms with Crippen molar-refractivity contribution in [3.63, 3.8) is 0 Å². The summed E-state index contributed by atoms with van der Waals surface area (Å²) in [6.45, 7) is 2.10. The van der Waals surface area contributed by atoms with Crippen LogP contribution in [0.2, 0.25) is 0 Å². The van der Waals surface area contributed by atoms with E-state index in [-0.39, 0.29) is 12.3 Å². The van der Waals surface area contributed by atoms with Crippen LogP contribution in [0.5, 0.6) is 0 Å². The second-order valence-corrected chi connectivity index (χ2v) is 3.82. The summed E-state index contributed by atoms with van der Waals surface area (Å²) >= 11 is 0. The number of hydrogen-bond donors (Lipinski definition) is 0. The molecule has 0 bridgehead atoms. The molecule has 2 rings (SSSR count). The maximum Gasteiger partial charge on any atom is 0.315 e. The van der Waals surface area contributed by atoms with Crippen molar-refractivity contribution in [1.82, 2.24) is 10.1 Å². The van der Waals surface area contributed by atoms with E-state index in [1.807, 2.05) is 24.3 Å². The number of methoxy groups -OCH3 is 1. The Hall–Kier alpha value is -2.17. The second-order valence-electron chi connectivity index (χ2n) is 3.82. The first kappa shape index (κ1) is 12.3. The number of esters is 1. The molecule has 0 aliphatic carbocycles. The Kier molecular flexibility index (Phi) is 3.72. The summed E-state index contributed by atoms with van der Waals surface area (Å²) in [5.74, 6) is 0.347. The molecule has 18 heavy (non-hydrogen) atoms. The molecule has 1 aromatic heterocycles. The fourth-order valence-electron chi connectivity index (χ4n) is 1.53. The number of aryl methyl sites for hydroxylation is 1. The van der Waals surface area contributed by atoms with Crippen molar-refractivity contribution in [3.8, 4) is 11.4 Å². The number of rotatable bonds is 4. The van der Waals surface area contributed by atoms with Crippen LogP contribution in [0.1, 0.15) is 18.4 Å². The molecule has 0 fully saturated rings. The van der Waals surface area contributed by atoms with E-state index >= 15 is 0 Å². The molecule has 0 atom stereocenters. The SMILES string of the molecule is CCc1ccc(-c2noc(CC(=O)OC)n2)cc1. The maximum atomic E-state index is 11.1. The molecule has 5 heteroatoms. The summed E-state index contributed by atoms with van der Waals surface area (Å²) in [5.41, 5.74) is 2.11. The summed E-state index contributed by atoms with van der Waals surface area (Å²) in [7, 11) is 1.32. The smallest absolute Gasteiger partial charge is 0.315 e. The minimum absolute atomic E-state index is 0.00343. The third-order valence-electron chi connectivity index (χ3n) is 2.61. The number of carbonyl (C=O) groups is 1. The Bertz CT molecular complexity index is 531. The van der Waals surface area contributed by atoms with Crippen molar-refractivity contribution >= 4 is 5.97 Å². The summed E-state index contributed by atoms with van der Waals surface area (Å²) < 4.78 is 9.52. The Morgan fingerprint density at radius 1 is 1.33 bits per heavy atom. The quantitative estimate of drug-likeness (QED) is 0.772. The zero-order valence-corrected chi connectivity index (χ0v) is 10.3. The van der Waals surface area contributed by atoms with Crippen LogP contribution in [0.4, 0.5) is 0 Å². The first-order chi connectivity index (χ1) is 8.72. The largest absolute Gasteiger partial charge is 0.469 e. The zero-order valence-electron chi connectivity index (χ0n) is 10.3. The highest BCUT2D eigenvalue weighted by molar-refractivity contribution is 5.71. The van der Waals surface area contributed by atoms with Crippen LogP contribution in [0, 0.1) is 0 Å². The summed E-state index contributed by atoms with van der Waals surface area (Å²) in [6, 6.07) is 7.91. The van der Waals surface area contributed by atoms with Gasteiger partial charge in [0.05, 0.1) is 7.11 Å². The van der Waals surface area contributed by atoms with Gasteiger partial charge in [0.15, 0.2) is 0 Å². The minimum Gasteiger partial charge on any atom is -0.469 e. The summed E-state index contributed by atoms with van der Waals surface area (Å²) in [5, 5.41) is 3.84. The van der Waals surface area contributed by atoms with Crippen molar-refractivity contribution in [3.05, 3.63) is 35.7 Å². The van der Waals surface area contributed by atoms with E-state index in [4.69, 9.17) is 4.52 Å². The minimum atomic E-state index is -0.397. The molecule has 0 spiro atoms. The van der Waals surface area contributed by atoms with Crippen LogP contribution in [-0.4, -0.2) is 23.2 Å². The lowest BCUT2D eigenvalue weighted by molar-refractivity contribution is -0.140. The van der Waals surface area contributed by atoms with Gasteiger partial charge >= 0.3 is 5.97 Å². The monoisotopic (exact) mass is 246 g/mol. The summed E-state index contributed by atoms with van der Waals surface area (Å²) in [4.78, 5) is 15.2. The van der Waals surface area contributed by atoms with Crippen LogP contribution in [0.3, 0.4) is 0 Å². The average molecular weight is 246 g/mol. The number of carbonyl (C=O) groups excluding carboxylic acids is 1. The van der Waals surface area contributed by atoms with E-state index in [1.54, 1.807) is 0 Å². The predicted octanol–water partition coefficient (Wildman–Crippen LogP) is 2.01. The molecule has 0 N–H and O–H groups in total. The molecule has 94 valence electrons. The van der Waals surface area contributed by atoms with Gasteiger partial charge in [0.1, 0.15) is 6.42 Å². The highest BCUT2D eigenvalue weighted by Gasteiger charge is 2.12. The molecule has 2 aromatic rings. The number of aromatic nitrogens is 2. The number of ether oxygens (including phenoxy) is 1. The number of hydrogen-bond acceptors (Lipinski definition) is 5. The van der Waals surface area contributed by atoms with Gasteiger partial charge in [-0.15, -0.1) is 0 Å². The maximum absolute atomic E-state index is 11.1. The third-order valence-corrected chi connectivity index (χ3v) is 2.61. The molecule has 0 unspecified atom stereocenters. The van der Waals surface area contributed by atoms with Gasteiger partial charge < -0.3 is 9.26 Å². The lowest BCUT2D eigenvalue weighted by atomic mass is 10.1. The number of nitrogens with zero attached hydrogens (tertiary/aromatic N) is 2. The van der Waals surface area contributed by atoms with E-state index < -0.39 is 5.97 Å². The fraction of sp³-hybridized carbons (Fsp3) is 0.308. The van der Waals surface area contributed by atoms with E-state index in [9.17, 15) is 4.79 Å². The molecule has 1 heterocycles. The predicted molar refractivity (Wildman–Crippen MR) is 64.8 cm³/mol. The third kappa shape index (κ3) is 2.74. The zero-order chi connectivity index (χ0) is 13.0. The first-order valence-corrected chi connectivity index (χ1v) is 5.71. The molecule has 0 aliphatic heterocycles. The normalized spacial score (nSPS) is 10.3. The molecule has 0 saturated carbocycles. The van der Waals surface area contributed by atoms with Gasteiger partial charge in [-0.25, -0.2) is 0 Å². The molecule has 0 radical (unpaired) electrons. The van der Waals surface area contributed by atoms with Crippen LogP contribution in [0.25, 0.3) is 11.4 Å². The van der Waals surface area contributed by atoms with Crippen molar-refractivity contribution in [1.29, 1.82) is 0 Å². The van der Waals surface area contributed by atoms with Gasteiger partial charge in [-0.3, -0.25) is 4.79 Å². The van der Waals surface area contributed by atoms with E-state index in [0.717, 1.165) is 12.0 Å². The van der Waals surface area contributed by atoms with Crippen LogP contribution >= 0.6 is 0 Å². The first-order valence-electron chi connectivity index (χ1n) is 5.71. The van der Waals surface area contributed by atoms with Crippen LogP contribution < -0.4 is 0 Å². The average Bonchev–Trinajstić information content (AvgIpc) is 2.87. The second kappa shape index (κ2) is 5.44. The molecular weight excluding hydrogens is 232 g/mol. The van der Waals surface area contributed by atoms with Gasteiger partial charge in [0.2, 0.25) is 11.7 Å². The Morgan fingerprint density at radius 3 is 2.67 bits per heavy atom. The molecule has 0 amide bonds. The van der Waals surface area contributed by atoms with E-state index in [0.29, 0.717) is 5.82 Å². The Balaban J connectivity index is 2.15. The fourth-order valence-corrected chi connectivity index (χ4v) is 1.53. The van der Waals surface area contributed by atoms with Crippen molar-refractivity contribution in [2.24, 2.45) is 0 Å². The molecule has 0 saturated heterocycles. The van der Waals surface area contributed by atoms with E-state index in [2.05, 4.69) is 21.8 Å². The van der Waals surface area contributed by atoms with Crippen LogP contribution in [0.15, 0.2) is 28.8 Å². The molecule has 1 aromatic carbocycles. The number of benzene rings is 1. The van der Waals surface area contributed by atoms with Crippen molar-refractivity contribution in [2.75, 3.05) is 7.11 Å². The van der Waals surface area contributed by atoms with Gasteiger partial charge in [-0.05, 0) is 12.0 Å². The highest BCUT2D eigenvalue weighted by atomic mass is 16.5. The standard InChI is InChI=1S/C13H14N2O3/c1-3-9-4-6-10(7-5-9)13-14-11(18-15-13)8-12(16)17-2/h4-7H,3,8H2,1-2H3. The molecule has 0 aliphatic rings. The topological polar surface area (TPSA) is 65.2 Å². The van der Waals surface area contributed by atoms with Gasteiger partial charge in [-0.1, -0.05) is 36.3 Å². The van der Waals surface area contributed by atoms with Crippen LogP contribution in [-0.2, 0) is 22.4 Å². The summed E-state index contributed by atoms with van der Waals surface area (Å²) in [6.07, 6.45) is 0.983. The van der Waals surface area contributed by atoms with Gasteiger partial charge in [0, 0.05) is 5.56 Å². The highest BCUT2D eigenvalue weighted by Crippen LogP contribution is 2.17. The Morgan fingerprint density at radius 2 is 2.06 bits per heavy atom. The molecular formula is C13H14N2O3. The van der Waals surface area contributed by atoms with Gasteiger partial charge in [-0.2, -0.15) is 4.98 Å². The van der Waals surface area contributed by atoms with Gasteiger partial charge in [0.25, 0.3) is 0 Å².